The average Bonchev–Trinajstić information content (AvgIpc) is 2.37. The topological polar surface area (TPSA) is 50.7 Å². The molecule has 1 aromatic rings. The Balaban J connectivity index is 2.51. The maximum Gasteiger partial charge on any atom is 0.142 e. The number of hydrogen-bond donors (Lipinski definition) is 2. The van der Waals surface area contributed by atoms with E-state index in [9.17, 15) is 0 Å². The molecule has 0 aliphatic rings. The van der Waals surface area contributed by atoms with Crippen molar-refractivity contribution in [2.45, 2.75) is 13.5 Å². The lowest BCUT2D eigenvalue weighted by Crippen LogP contribution is -2.20. The second-order valence-corrected chi connectivity index (χ2v) is 4.67. The maximum absolute atomic E-state index is 8.57. The third-order valence-electron chi connectivity index (χ3n) is 2.35. The fourth-order valence-corrected chi connectivity index (χ4v) is 2.18. The highest BCUT2D eigenvalue weighted by Crippen LogP contribution is 2.32. The monoisotopic (exact) mass is 307 g/mol. The lowest BCUT2D eigenvalue weighted by atomic mass is 10.2. The van der Waals surface area contributed by atoms with Crippen LogP contribution >= 0.6 is 23.2 Å². The number of hydrogen-bond acceptors (Lipinski definition) is 4. The zero-order chi connectivity index (χ0) is 14.1. The van der Waals surface area contributed by atoms with E-state index in [-0.39, 0.29) is 6.61 Å². The van der Waals surface area contributed by atoms with E-state index in [1.807, 2.05) is 13.0 Å². The molecule has 108 valence electrons. The minimum Gasteiger partial charge on any atom is -0.492 e. The van der Waals surface area contributed by atoms with Crippen molar-refractivity contribution in [1.29, 1.82) is 0 Å². The summed E-state index contributed by atoms with van der Waals surface area (Å²) < 4.78 is 10.7. The molecule has 0 fully saturated rings. The van der Waals surface area contributed by atoms with Gasteiger partial charge in [-0.2, -0.15) is 0 Å². The fraction of sp³-hybridized carbons (Fsp3) is 0.538. The van der Waals surface area contributed by atoms with Gasteiger partial charge in [0.2, 0.25) is 0 Å². The van der Waals surface area contributed by atoms with Crippen molar-refractivity contribution in [3.63, 3.8) is 0 Å². The van der Waals surface area contributed by atoms with Gasteiger partial charge < -0.3 is 19.9 Å². The highest BCUT2D eigenvalue weighted by atomic mass is 35.5. The van der Waals surface area contributed by atoms with E-state index in [4.69, 9.17) is 37.8 Å². The van der Waals surface area contributed by atoms with Gasteiger partial charge in [-0.3, -0.25) is 0 Å². The van der Waals surface area contributed by atoms with Crippen LogP contribution < -0.4 is 10.1 Å². The van der Waals surface area contributed by atoms with Crippen molar-refractivity contribution in [2.75, 3.05) is 33.0 Å². The molecule has 1 aromatic carbocycles. The summed E-state index contributed by atoms with van der Waals surface area (Å²) in [6.07, 6.45) is 0. The lowest BCUT2D eigenvalue weighted by Gasteiger charge is -2.13. The molecule has 0 aliphatic heterocycles. The summed E-state index contributed by atoms with van der Waals surface area (Å²) in [6, 6.07) is 3.50. The van der Waals surface area contributed by atoms with Crippen LogP contribution in [-0.4, -0.2) is 38.1 Å². The predicted octanol–water partition coefficient (Wildman–Crippen LogP) is 2.49. The molecule has 1 rings (SSSR count). The van der Waals surface area contributed by atoms with E-state index in [2.05, 4.69) is 5.32 Å². The third kappa shape index (κ3) is 5.97. The van der Waals surface area contributed by atoms with Crippen molar-refractivity contribution < 1.29 is 14.6 Å². The number of benzene rings is 1. The molecule has 2 N–H and O–H groups in total. The summed E-state index contributed by atoms with van der Waals surface area (Å²) in [7, 11) is 0. The molecule has 6 heteroatoms. The van der Waals surface area contributed by atoms with E-state index >= 15 is 0 Å². The highest BCUT2D eigenvalue weighted by Gasteiger charge is 2.10. The molecule has 19 heavy (non-hydrogen) atoms. The number of aliphatic hydroxyl groups excluding tert-OH is 1. The van der Waals surface area contributed by atoms with Crippen LogP contribution in [0.3, 0.4) is 0 Å². The minimum atomic E-state index is 0.0401. The number of halogens is 2. The molecule has 0 radical (unpaired) electrons. The number of nitrogens with one attached hydrogen (secondary N) is 1. The molecule has 0 spiro atoms. The Morgan fingerprint density at radius 2 is 2.05 bits per heavy atom. The van der Waals surface area contributed by atoms with Gasteiger partial charge in [-0.15, -0.1) is 0 Å². The summed E-state index contributed by atoms with van der Waals surface area (Å²) >= 11 is 12.1. The molecule has 0 aromatic heterocycles. The van der Waals surface area contributed by atoms with E-state index in [1.165, 1.54) is 0 Å². The first-order valence-corrected chi connectivity index (χ1v) is 6.94. The van der Waals surface area contributed by atoms with Crippen LogP contribution in [0.1, 0.15) is 12.5 Å². The summed E-state index contributed by atoms with van der Waals surface area (Å²) in [4.78, 5) is 0. The van der Waals surface area contributed by atoms with Crippen LogP contribution in [0.5, 0.6) is 5.75 Å². The van der Waals surface area contributed by atoms with Gasteiger partial charge in [-0.05, 0) is 19.1 Å². The Kier molecular flexibility index (Phi) is 8.18. The standard InChI is InChI=1S/C13H19Cl2NO3/c1-2-19-13-10(7-11(14)8-12(13)15)9-16-3-5-18-6-4-17/h7-8,16-17H,2-6,9H2,1H3. The predicted molar refractivity (Wildman–Crippen MR) is 77.2 cm³/mol. The normalized spacial score (nSPS) is 10.7. The van der Waals surface area contributed by atoms with Crippen LogP contribution in [0.4, 0.5) is 0 Å². The smallest absolute Gasteiger partial charge is 0.142 e. The first kappa shape index (κ1) is 16.5. The summed E-state index contributed by atoms with van der Waals surface area (Å²) in [5.41, 5.74) is 0.918. The minimum absolute atomic E-state index is 0.0401. The van der Waals surface area contributed by atoms with Crippen LogP contribution in [-0.2, 0) is 11.3 Å². The zero-order valence-electron chi connectivity index (χ0n) is 10.9. The first-order chi connectivity index (χ1) is 9.19. The zero-order valence-corrected chi connectivity index (χ0v) is 12.4. The Morgan fingerprint density at radius 1 is 1.26 bits per heavy atom. The van der Waals surface area contributed by atoms with Crippen molar-refractivity contribution in [2.24, 2.45) is 0 Å². The van der Waals surface area contributed by atoms with Gasteiger partial charge in [0.05, 0.1) is 31.5 Å². The molecule has 0 unspecified atom stereocenters. The molecule has 4 nitrogen and oxygen atoms in total. The van der Waals surface area contributed by atoms with E-state index in [0.717, 1.165) is 5.56 Å². The number of rotatable bonds is 9. The largest absolute Gasteiger partial charge is 0.492 e. The molecule has 0 saturated carbocycles. The molecule has 0 saturated heterocycles. The SMILES string of the molecule is CCOc1c(Cl)cc(Cl)cc1CNCCOCCO. The average molecular weight is 308 g/mol. The Labute approximate surface area is 123 Å². The van der Waals surface area contributed by atoms with Crippen molar-refractivity contribution in [3.05, 3.63) is 27.7 Å². The van der Waals surface area contributed by atoms with Crippen LogP contribution in [0, 0.1) is 0 Å². The van der Waals surface area contributed by atoms with Crippen molar-refractivity contribution in [1.82, 2.24) is 5.32 Å². The summed E-state index contributed by atoms with van der Waals surface area (Å²) in [5.74, 6) is 0.664. The quantitative estimate of drug-likeness (QED) is 0.688. The van der Waals surface area contributed by atoms with Gasteiger partial charge in [0.25, 0.3) is 0 Å². The van der Waals surface area contributed by atoms with Gasteiger partial charge >= 0.3 is 0 Å². The Hall–Kier alpha value is -0.520. The van der Waals surface area contributed by atoms with Gasteiger partial charge in [-0.1, -0.05) is 23.2 Å². The third-order valence-corrected chi connectivity index (χ3v) is 2.85. The summed E-state index contributed by atoms with van der Waals surface area (Å²) in [6.45, 7) is 4.67. The lowest BCUT2D eigenvalue weighted by molar-refractivity contribution is 0.0937. The van der Waals surface area contributed by atoms with Gasteiger partial charge in [0.1, 0.15) is 5.75 Å². The number of ether oxygens (including phenoxy) is 2. The van der Waals surface area contributed by atoms with Crippen molar-refractivity contribution in [3.8, 4) is 5.75 Å². The Bertz CT molecular complexity index is 388. The number of aliphatic hydroxyl groups is 1. The molecule has 0 bridgehead atoms. The van der Waals surface area contributed by atoms with Gasteiger partial charge in [0.15, 0.2) is 0 Å². The maximum atomic E-state index is 8.57. The van der Waals surface area contributed by atoms with Gasteiger partial charge in [0, 0.05) is 23.7 Å². The second-order valence-electron chi connectivity index (χ2n) is 3.82. The van der Waals surface area contributed by atoms with E-state index in [1.54, 1.807) is 6.07 Å². The molecule has 0 aliphatic carbocycles. The Morgan fingerprint density at radius 3 is 2.74 bits per heavy atom. The fourth-order valence-electron chi connectivity index (χ4n) is 1.58. The van der Waals surface area contributed by atoms with Crippen LogP contribution in [0.2, 0.25) is 10.0 Å². The molecule has 0 amide bonds. The first-order valence-electron chi connectivity index (χ1n) is 6.19. The highest BCUT2D eigenvalue weighted by molar-refractivity contribution is 6.35. The summed E-state index contributed by atoms with van der Waals surface area (Å²) in [5, 5.41) is 12.9. The molecular formula is C13H19Cl2NO3. The molecule has 0 heterocycles. The van der Waals surface area contributed by atoms with Crippen LogP contribution in [0.15, 0.2) is 12.1 Å². The van der Waals surface area contributed by atoms with E-state index in [0.29, 0.717) is 48.7 Å². The van der Waals surface area contributed by atoms with E-state index < -0.39 is 0 Å². The molecular weight excluding hydrogens is 289 g/mol. The van der Waals surface area contributed by atoms with Crippen molar-refractivity contribution >= 4 is 23.2 Å². The molecule has 0 atom stereocenters. The van der Waals surface area contributed by atoms with Crippen LogP contribution in [0.25, 0.3) is 0 Å². The van der Waals surface area contributed by atoms with Gasteiger partial charge in [-0.25, -0.2) is 0 Å². The second kappa shape index (κ2) is 9.39.